The van der Waals surface area contributed by atoms with Gasteiger partial charge >= 0.3 is 0 Å². The van der Waals surface area contributed by atoms with Gasteiger partial charge in [0.15, 0.2) is 0 Å². The molecule has 1 aromatic carbocycles. The van der Waals surface area contributed by atoms with Crippen LogP contribution in [0.15, 0.2) is 36.9 Å². The fourth-order valence-corrected chi connectivity index (χ4v) is 2.79. The molecular formula is C13H12S. The van der Waals surface area contributed by atoms with Crippen molar-refractivity contribution >= 4 is 33.6 Å². The van der Waals surface area contributed by atoms with Crippen molar-refractivity contribution in [3.63, 3.8) is 0 Å². The average Bonchev–Trinajstić information content (AvgIpc) is 2.55. The molecule has 0 fully saturated rings. The van der Waals surface area contributed by atoms with Gasteiger partial charge in [-0.2, -0.15) is 0 Å². The summed E-state index contributed by atoms with van der Waals surface area (Å²) in [6, 6.07) is 8.49. The average molecular weight is 200 g/mol. The van der Waals surface area contributed by atoms with Crippen LogP contribution in [-0.4, -0.2) is 0 Å². The Morgan fingerprint density at radius 3 is 2.79 bits per heavy atom. The highest BCUT2D eigenvalue weighted by atomic mass is 32.1. The molecule has 2 rings (SSSR count). The molecule has 0 bridgehead atoms. The van der Waals surface area contributed by atoms with Crippen LogP contribution in [0.2, 0.25) is 0 Å². The first kappa shape index (κ1) is 9.22. The van der Waals surface area contributed by atoms with Gasteiger partial charge in [0.25, 0.3) is 0 Å². The molecule has 2 aromatic rings. The molecule has 1 heteroatoms. The minimum Gasteiger partial charge on any atom is -0.135 e. The van der Waals surface area contributed by atoms with E-state index >= 15 is 0 Å². The van der Waals surface area contributed by atoms with Crippen LogP contribution in [-0.2, 0) is 0 Å². The van der Waals surface area contributed by atoms with Gasteiger partial charge < -0.3 is 0 Å². The zero-order valence-electron chi connectivity index (χ0n) is 8.16. The lowest BCUT2D eigenvalue weighted by atomic mass is 10.2. The summed E-state index contributed by atoms with van der Waals surface area (Å²) in [5.74, 6) is 0. The number of allylic oxidation sites excluding steroid dienone is 1. The van der Waals surface area contributed by atoms with Gasteiger partial charge in [-0.05, 0) is 29.7 Å². The van der Waals surface area contributed by atoms with Crippen LogP contribution in [0.3, 0.4) is 0 Å². The molecule has 0 saturated carbocycles. The Kier molecular flexibility index (Phi) is 2.51. The maximum atomic E-state index is 3.74. The Morgan fingerprint density at radius 1 is 1.29 bits per heavy atom. The fraction of sp³-hybridized carbons (Fsp3) is 0.0769. The van der Waals surface area contributed by atoms with Crippen molar-refractivity contribution < 1.29 is 0 Å². The summed E-state index contributed by atoms with van der Waals surface area (Å²) in [7, 11) is 0. The number of fused-ring (bicyclic) bond motifs is 1. The highest BCUT2D eigenvalue weighted by Gasteiger charge is 1.97. The minimum absolute atomic E-state index is 1.30. The standard InChI is InChI=1S/C13H12S/c1-3-7-12-10(4-2)11-8-5-6-9-13(11)14-12/h3-9H,1H2,2H3/b10-4-,12-7+. The molecular weight excluding hydrogens is 188 g/mol. The molecule has 0 N–H and O–H groups in total. The maximum absolute atomic E-state index is 3.74. The lowest BCUT2D eigenvalue weighted by Crippen LogP contribution is -2.17. The number of thiophene rings is 1. The largest absolute Gasteiger partial charge is 0.135 e. The van der Waals surface area contributed by atoms with Gasteiger partial charge in [-0.15, -0.1) is 11.3 Å². The molecule has 0 unspecified atom stereocenters. The Morgan fingerprint density at radius 2 is 2.07 bits per heavy atom. The van der Waals surface area contributed by atoms with E-state index in [1.165, 1.54) is 19.8 Å². The summed E-state index contributed by atoms with van der Waals surface area (Å²) in [6.45, 7) is 5.82. The van der Waals surface area contributed by atoms with Crippen LogP contribution < -0.4 is 9.75 Å². The molecule has 1 heterocycles. The quantitative estimate of drug-likeness (QED) is 0.664. The van der Waals surface area contributed by atoms with Crippen LogP contribution in [0.1, 0.15) is 6.92 Å². The van der Waals surface area contributed by atoms with Gasteiger partial charge in [0.05, 0.1) is 0 Å². The molecule has 0 aliphatic heterocycles. The molecule has 0 spiro atoms. The summed E-state index contributed by atoms with van der Waals surface area (Å²) in [5.41, 5.74) is 0. The summed E-state index contributed by atoms with van der Waals surface area (Å²) < 4.78 is 2.64. The van der Waals surface area contributed by atoms with Gasteiger partial charge in [-0.25, -0.2) is 0 Å². The van der Waals surface area contributed by atoms with Gasteiger partial charge in [0.2, 0.25) is 0 Å². The predicted molar refractivity (Wildman–Crippen MR) is 65.9 cm³/mol. The highest BCUT2D eigenvalue weighted by Crippen LogP contribution is 2.11. The second kappa shape index (κ2) is 3.81. The maximum Gasteiger partial charge on any atom is 0.0355 e. The van der Waals surface area contributed by atoms with E-state index in [1.54, 1.807) is 0 Å². The minimum atomic E-state index is 1.30. The van der Waals surface area contributed by atoms with Crippen LogP contribution >= 0.6 is 11.3 Å². The van der Waals surface area contributed by atoms with E-state index < -0.39 is 0 Å². The first-order valence-electron chi connectivity index (χ1n) is 4.63. The van der Waals surface area contributed by atoms with Crippen LogP contribution in [0, 0.1) is 0 Å². The molecule has 70 valence electrons. The van der Waals surface area contributed by atoms with E-state index in [0.717, 1.165) is 0 Å². The normalized spacial score (nSPS) is 13.8. The van der Waals surface area contributed by atoms with Crippen molar-refractivity contribution in [2.24, 2.45) is 0 Å². The Labute approximate surface area is 87.5 Å². The molecule has 0 atom stereocenters. The Hall–Kier alpha value is -1.34. The first-order valence-corrected chi connectivity index (χ1v) is 5.45. The van der Waals surface area contributed by atoms with Crippen molar-refractivity contribution in [1.82, 2.24) is 0 Å². The SMILES string of the molecule is C=C/C=c1/sc2ccccc2/c1=C/C. The zero-order chi connectivity index (χ0) is 9.97. The van der Waals surface area contributed by atoms with Crippen molar-refractivity contribution in [1.29, 1.82) is 0 Å². The van der Waals surface area contributed by atoms with Gasteiger partial charge in [-0.3, -0.25) is 0 Å². The number of hydrogen-bond donors (Lipinski definition) is 0. The number of rotatable bonds is 1. The molecule has 14 heavy (non-hydrogen) atoms. The molecule has 0 amide bonds. The smallest absolute Gasteiger partial charge is 0.0355 e. The molecule has 0 aliphatic rings. The summed E-state index contributed by atoms with van der Waals surface area (Å²) >= 11 is 1.81. The Bertz CT molecular complexity index is 573. The van der Waals surface area contributed by atoms with Crippen molar-refractivity contribution in [2.75, 3.05) is 0 Å². The van der Waals surface area contributed by atoms with Crippen molar-refractivity contribution in [3.05, 3.63) is 46.7 Å². The number of hydrogen-bond acceptors (Lipinski definition) is 1. The Balaban J connectivity index is 3.01. The van der Waals surface area contributed by atoms with E-state index in [9.17, 15) is 0 Å². The van der Waals surface area contributed by atoms with Gasteiger partial charge in [0, 0.05) is 9.23 Å². The van der Waals surface area contributed by atoms with E-state index in [0.29, 0.717) is 0 Å². The van der Waals surface area contributed by atoms with Crippen molar-refractivity contribution in [3.8, 4) is 0 Å². The summed E-state index contributed by atoms with van der Waals surface area (Å²) in [4.78, 5) is 0. The highest BCUT2D eigenvalue weighted by molar-refractivity contribution is 7.17. The van der Waals surface area contributed by atoms with Gasteiger partial charge in [-0.1, -0.05) is 36.9 Å². The molecule has 1 aromatic heterocycles. The number of benzene rings is 1. The van der Waals surface area contributed by atoms with E-state index in [4.69, 9.17) is 0 Å². The molecule has 0 aliphatic carbocycles. The lowest BCUT2D eigenvalue weighted by Gasteiger charge is -1.84. The third-order valence-electron chi connectivity index (χ3n) is 2.22. The lowest BCUT2D eigenvalue weighted by molar-refractivity contribution is 1.71. The predicted octanol–water partition coefficient (Wildman–Crippen LogP) is 2.67. The molecule has 0 saturated heterocycles. The second-order valence-corrected chi connectivity index (χ2v) is 4.15. The summed E-state index contributed by atoms with van der Waals surface area (Å²) in [6.07, 6.45) is 6.08. The van der Waals surface area contributed by atoms with Gasteiger partial charge in [0.1, 0.15) is 0 Å². The van der Waals surface area contributed by atoms with E-state index in [1.807, 2.05) is 17.4 Å². The third kappa shape index (κ3) is 1.40. The monoisotopic (exact) mass is 200 g/mol. The van der Waals surface area contributed by atoms with Crippen molar-refractivity contribution in [2.45, 2.75) is 6.92 Å². The van der Waals surface area contributed by atoms with E-state index in [2.05, 4.69) is 49.9 Å². The zero-order valence-corrected chi connectivity index (χ0v) is 8.97. The van der Waals surface area contributed by atoms with Crippen LogP contribution in [0.4, 0.5) is 0 Å². The second-order valence-electron chi connectivity index (χ2n) is 3.07. The van der Waals surface area contributed by atoms with Crippen LogP contribution in [0.5, 0.6) is 0 Å². The molecule has 0 nitrogen and oxygen atoms in total. The topological polar surface area (TPSA) is 0 Å². The summed E-state index contributed by atoms with van der Waals surface area (Å²) in [5, 5.41) is 2.67. The first-order chi connectivity index (χ1) is 6.86. The van der Waals surface area contributed by atoms with Crippen LogP contribution in [0.25, 0.3) is 22.2 Å². The third-order valence-corrected chi connectivity index (χ3v) is 3.37. The molecule has 0 radical (unpaired) electrons. The van der Waals surface area contributed by atoms with E-state index in [-0.39, 0.29) is 0 Å². The fourth-order valence-electron chi connectivity index (χ4n) is 1.61.